The molecule has 0 radical (unpaired) electrons. The second-order valence-corrected chi connectivity index (χ2v) is 3.84. The van der Waals surface area contributed by atoms with Crippen molar-refractivity contribution in [3.63, 3.8) is 0 Å². The molecule has 16 heavy (non-hydrogen) atoms. The third kappa shape index (κ3) is 2.21. The van der Waals surface area contributed by atoms with Crippen LogP contribution < -0.4 is 0 Å². The van der Waals surface area contributed by atoms with E-state index in [1.807, 2.05) is 24.3 Å². The normalized spacial score (nSPS) is 11.8. The molecule has 1 unspecified atom stereocenters. The highest BCUT2D eigenvalue weighted by Crippen LogP contribution is 2.24. The predicted octanol–water partition coefficient (Wildman–Crippen LogP) is 3.39. The lowest BCUT2D eigenvalue weighted by molar-refractivity contribution is 1.02. The quantitative estimate of drug-likeness (QED) is 0.790. The summed E-state index contributed by atoms with van der Waals surface area (Å²) in [6.07, 6.45) is 3.41. The van der Waals surface area contributed by atoms with Gasteiger partial charge in [-0.15, -0.1) is 0 Å². The molecule has 0 saturated heterocycles. The fourth-order valence-electron chi connectivity index (χ4n) is 1.54. The molecule has 1 heterocycles. The predicted molar refractivity (Wildman–Crippen MR) is 63.1 cm³/mol. The van der Waals surface area contributed by atoms with Crippen LogP contribution in [-0.2, 0) is 0 Å². The Bertz CT molecular complexity index is 500. The first-order valence-electron chi connectivity index (χ1n) is 4.86. The SMILES string of the molecule is N#CC(c1ccc(Cl)cc1)c1cccnc1. The van der Waals surface area contributed by atoms with E-state index in [9.17, 15) is 5.26 Å². The summed E-state index contributed by atoms with van der Waals surface area (Å²) in [6, 6.07) is 13.3. The second kappa shape index (κ2) is 4.78. The van der Waals surface area contributed by atoms with Gasteiger partial charge in [0.1, 0.15) is 0 Å². The average Bonchev–Trinajstić information content (AvgIpc) is 2.34. The lowest BCUT2D eigenvalue weighted by Gasteiger charge is -2.08. The first kappa shape index (κ1) is 10.7. The molecule has 0 spiro atoms. The number of nitrogens with zero attached hydrogens (tertiary/aromatic N) is 2. The Morgan fingerprint density at radius 3 is 2.44 bits per heavy atom. The van der Waals surface area contributed by atoms with Crippen molar-refractivity contribution < 1.29 is 0 Å². The van der Waals surface area contributed by atoms with Crippen LogP contribution in [0, 0.1) is 11.3 Å². The Labute approximate surface area is 99.1 Å². The van der Waals surface area contributed by atoms with Crippen LogP contribution >= 0.6 is 11.6 Å². The number of benzene rings is 1. The highest BCUT2D eigenvalue weighted by molar-refractivity contribution is 6.30. The van der Waals surface area contributed by atoms with Gasteiger partial charge >= 0.3 is 0 Å². The summed E-state index contributed by atoms with van der Waals surface area (Å²) >= 11 is 5.81. The van der Waals surface area contributed by atoms with Gasteiger partial charge in [0.05, 0.1) is 12.0 Å². The number of pyridine rings is 1. The Kier molecular flexibility index (Phi) is 3.19. The van der Waals surface area contributed by atoms with Crippen molar-refractivity contribution >= 4 is 11.6 Å². The molecule has 0 aliphatic heterocycles. The molecule has 1 aromatic carbocycles. The van der Waals surface area contributed by atoms with E-state index < -0.39 is 0 Å². The van der Waals surface area contributed by atoms with E-state index >= 15 is 0 Å². The molecule has 0 saturated carbocycles. The molecule has 0 aliphatic rings. The lowest BCUT2D eigenvalue weighted by Crippen LogP contribution is -1.98. The number of aromatic nitrogens is 1. The van der Waals surface area contributed by atoms with Gasteiger partial charge in [-0.1, -0.05) is 29.8 Å². The van der Waals surface area contributed by atoms with Crippen LogP contribution in [0.15, 0.2) is 48.8 Å². The molecule has 0 N–H and O–H groups in total. The number of hydrogen-bond donors (Lipinski definition) is 0. The molecule has 78 valence electrons. The first-order valence-corrected chi connectivity index (χ1v) is 5.24. The van der Waals surface area contributed by atoms with E-state index in [1.54, 1.807) is 24.5 Å². The lowest BCUT2D eigenvalue weighted by atomic mass is 9.94. The number of nitriles is 1. The maximum absolute atomic E-state index is 9.19. The minimum absolute atomic E-state index is 0.286. The zero-order valence-electron chi connectivity index (χ0n) is 8.47. The maximum Gasteiger partial charge on any atom is 0.0977 e. The minimum Gasteiger partial charge on any atom is -0.264 e. The number of halogens is 1. The summed E-state index contributed by atoms with van der Waals surface area (Å²) in [6.45, 7) is 0. The third-order valence-electron chi connectivity index (χ3n) is 2.35. The van der Waals surface area contributed by atoms with Gasteiger partial charge in [-0.05, 0) is 29.3 Å². The zero-order valence-corrected chi connectivity index (χ0v) is 9.22. The molecule has 0 amide bonds. The van der Waals surface area contributed by atoms with E-state index in [2.05, 4.69) is 11.1 Å². The Balaban J connectivity index is 2.38. The molecule has 1 atom stereocenters. The third-order valence-corrected chi connectivity index (χ3v) is 2.60. The monoisotopic (exact) mass is 228 g/mol. The van der Waals surface area contributed by atoms with Gasteiger partial charge in [0.2, 0.25) is 0 Å². The van der Waals surface area contributed by atoms with Crippen LogP contribution in [0.1, 0.15) is 17.0 Å². The van der Waals surface area contributed by atoms with Crippen molar-refractivity contribution in [1.82, 2.24) is 4.98 Å². The van der Waals surface area contributed by atoms with Crippen molar-refractivity contribution in [2.75, 3.05) is 0 Å². The average molecular weight is 229 g/mol. The molecule has 2 aromatic rings. The van der Waals surface area contributed by atoms with Crippen molar-refractivity contribution in [3.05, 3.63) is 64.9 Å². The van der Waals surface area contributed by atoms with Gasteiger partial charge in [0.25, 0.3) is 0 Å². The van der Waals surface area contributed by atoms with Gasteiger partial charge in [0, 0.05) is 17.4 Å². The van der Waals surface area contributed by atoms with Crippen LogP contribution in [0.4, 0.5) is 0 Å². The largest absolute Gasteiger partial charge is 0.264 e. The summed E-state index contributed by atoms with van der Waals surface area (Å²) in [4.78, 5) is 4.02. The molecule has 3 heteroatoms. The van der Waals surface area contributed by atoms with E-state index in [1.165, 1.54) is 0 Å². The van der Waals surface area contributed by atoms with E-state index in [0.29, 0.717) is 5.02 Å². The second-order valence-electron chi connectivity index (χ2n) is 3.40. The summed E-state index contributed by atoms with van der Waals surface area (Å²) in [7, 11) is 0. The van der Waals surface area contributed by atoms with Gasteiger partial charge < -0.3 is 0 Å². The maximum atomic E-state index is 9.19. The summed E-state index contributed by atoms with van der Waals surface area (Å²) in [5.41, 5.74) is 1.83. The molecular weight excluding hydrogens is 220 g/mol. The molecule has 1 aromatic heterocycles. The molecule has 0 bridgehead atoms. The van der Waals surface area contributed by atoms with E-state index in [4.69, 9.17) is 11.6 Å². The fourth-order valence-corrected chi connectivity index (χ4v) is 1.67. The topological polar surface area (TPSA) is 36.7 Å². The fraction of sp³-hybridized carbons (Fsp3) is 0.0769. The summed E-state index contributed by atoms with van der Waals surface area (Å²) in [5.74, 6) is -0.286. The standard InChI is InChI=1S/C13H9ClN2/c14-12-5-3-10(4-6-12)13(8-15)11-2-1-7-16-9-11/h1-7,9,13H. The highest BCUT2D eigenvalue weighted by atomic mass is 35.5. The van der Waals surface area contributed by atoms with Crippen LogP contribution in [0.3, 0.4) is 0 Å². The van der Waals surface area contributed by atoms with Gasteiger partial charge in [-0.3, -0.25) is 4.98 Å². The van der Waals surface area contributed by atoms with Gasteiger partial charge in [-0.2, -0.15) is 5.26 Å². The van der Waals surface area contributed by atoms with E-state index in [-0.39, 0.29) is 5.92 Å². The van der Waals surface area contributed by atoms with Crippen LogP contribution in [-0.4, -0.2) is 4.98 Å². The molecule has 0 aliphatic carbocycles. The van der Waals surface area contributed by atoms with Crippen LogP contribution in [0.2, 0.25) is 5.02 Å². The van der Waals surface area contributed by atoms with Gasteiger partial charge in [-0.25, -0.2) is 0 Å². The van der Waals surface area contributed by atoms with E-state index in [0.717, 1.165) is 11.1 Å². The number of hydrogen-bond acceptors (Lipinski definition) is 2. The Morgan fingerprint density at radius 2 is 1.88 bits per heavy atom. The van der Waals surface area contributed by atoms with Crippen molar-refractivity contribution in [2.45, 2.75) is 5.92 Å². The number of rotatable bonds is 2. The molecular formula is C13H9ClN2. The highest BCUT2D eigenvalue weighted by Gasteiger charge is 2.12. The van der Waals surface area contributed by atoms with Crippen LogP contribution in [0.25, 0.3) is 0 Å². The van der Waals surface area contributed by atoms with Crippen LogP contribution in [0.5, 0.6) is 0 Å². The van der Waals surface area contributed by atoms with Crippen molar-refractivity contribution in [1.29, 1.82) is 5.26 Å². The molecule has 2 nitrogen and oxygen atoms in total. The molecule has 0 fully saturated rings. The summed E-state index contributed by atoms with van der Waals surface area (Å²) < 4.78 is 0. The summed E-state index contributed by atoms with van der Waals surface area (Å²) in [5, 5.41) is 9.86. The molecule has 2 rings (SSSR count). The minimum atomic E-state index is -0.286. The first-order chi connectivity index (χ1) is 7.81. The van der Waals surface area contributed by atoms with Crippen molar-refractivity contribution in [3.8, 4) is 6.07 Å². The van der Waals surface area contributed by atoms with Gasteiger partial charge in [0.15, 0.2) is 0 Å². The smallest absolute Gasteiger partial charge is 0.0977 e. The zero-order chi connectivity index (χ0) is 11.4. The Hall–Kier alpha value is -1.85. The van der Waals surface area contributed by atoms with Crippen molar-refractivity contribution in [2.24, 2.45) is 0 Å². The Morgan fingerprint density at radius 1 is 1.12 bits per heavy atom.